The second-order valence-electron chi connectivity index (χ2n) is 4.27. The topological polar surface area (TPSA) is 12.0 Å². The fourth-order valence-corrected chi connectivity index (χ4v) is 2.03. The van der Waals surface area contributed by atoms with Crippen LogP contribution in [0.4, 0.5) is 5.69 Å². The number of hydrogen-bond acceptors (Lipinski definition) is 1. The van der Waals surface area contributed by atoms with Gasteiger partial charge in [0.05, 0.1) is 0 Å². The van der Waals surface area contributed by atoms with E-state index in [9.17, 15) is 0 Å². The highest BCUT2D eigenvalue weighted by molar-refractivity contribution is 5.88. The monoisotopic (exact) mass is 243 g/mol. The highest BCUT2D eigenvalue weighted by atomic mass is 14.8. The zero-order chi connectivity index (χ0) is 12.9. The standard InChI is InChI=1S/C18H13N/c1-2-10-17(11-3-1)19-14-13-16-9-6-8-15-7-4-5-12-18(15)16/h1-12,19H. The van der Waals surface area contributed by atoms with Gasteiger partial charge in [0.15, 0.2) is 0 Å². The quantitative estimate of drug-likeness (QED) is 0.497. The zero-order valence-corrected chi connectivity index (χ0v) is 10.4. The molecule has 0 aliphatic carbocycles. The number of para-hydroxylation sites is 1. The van der Waals surface area contributed by atoms with Gasteiger partial charge in [0, 0.05) is 17.3 Å². The van der Waals surface area contributed by atoms with Crippen molar-refractivity contribution >= 4 is 16.5 Å². The van der Waals surface area contributed by atoms with Gasteiger partial charge in [0.25, 0.3) is 0 Å². The number of hydrogen-bond donors (Lipinski definition) is 1. The van der Waals surface area contributed by atoms with Gasteiger partial charge in [-0.25, -0.2) is 0 Å². The first-order valence-electron chi connectivity index (χ1n) is 6.23. The summed E-state index contributed by atoms with van der Waals surface area (Å²) >= 11 is 0. The van der Waals surface area contributed by atoms with Crippen LogP contribution >= 0.6 is 0 Å². The number of nitrogens with one attached hydrogen (secondary N) is 1. The third-order valence-corrected chi connectivity index (χ3v) is 2.97. The molecule has 3 aromatic rings. The molecular formula is C18H13N. The van der Waals surface area contributed by atoms with Crippen molar-refractivity contribution in [2.45, 2.75) is 0 Å². The molecular weight excluding hydrogens is 230 g/mol. The van der Waals surface area contributed by atoms with Crippen LogP contribution in [-0.4, -0.2) is 0 Å². The Morgan fingerprint density at radius 1 is 0.684 bits per heavy atom. The van der Waals surface area contributed by atoms with Crippen LogP contribution in [0, 0.1) is 12.0 Å². The van der Waals surface area contributed by atoms with Gasteiger partial charge in [-0.05, 0) is 34.9 Å². The molecule has 0 heterocycles. The summed E-state index contributed by atoms with van der Waals surface area (Å²) in [6, 6.07) is 27.4. The third kappa shape index (κ3) is 2.59. The van der Waals surface area contributed by atoms with Crippen molar-refractivity contribution < 1.29 is 0 Å². The summed E-state index contributed by atoms with van der Waals surface area (Å²) < 4.78 is 0. The highest BCUT2D eigenvalue weighted by Gasteiger charge is 1.95. The average molecular weight is 243 g/mol. The van der Waals surface area contributed by atoms with E-state index >= 15 is 0 Å². The van der Waals surface area contributed by atoms with E-state index in [2.05, 4.69) is 35.5 Å². The van der Waals surface area contributed by atoms with Crippen molar-refractivity contribution in [3.63, 3.8) is 0 Å². The minimum absolute atomic E-state index is 1.01. The lowest BCUT2D eigenvalue weighted by Gasteiger charge is -2.00. The van der Waals surface area contributed by atoms with Gasteiger partial charge in [-0.3, -0.25) is 0 Å². The van der Waals surface area contributed by atoms with Crippen LogP contribution in [0.15, 0.2) is 72.8 Å². The summed E-state index contributed by atoms with van der Waals surface area (Å²) in [6.07, 6.45) is 0. The van der Waals surface area contributed by atoms with Gasteiger partial charge in [0.2, 0.25) is 0 Å². The Morgan fingerprint density at radius 3 is 2.32 bits per heavy atom. The molecule has 0 aliphatic heterocycles. The number of anilines is 1. The molecule has 0 bridgehead atoms. The van der Waals surface area contributed by atoms with Crippen molar-refractivity contribution in [2.24, 2.45) is 0 Å². The van der Waals surface area contributed by atoms with E-state index in [1.807, 2.05) is 54.6 Å². The Morgan fingerprint density at radius 2 is 1.42 bits per heavy atom. The van der Waals surface area contributed by atoms with Crippen molar-refractivity contribution in [3.8, 4) is 12.0 Å². The molecule has 0 aromatic heterocycles. The van der Waals surface area contributed by atoms with Gasteiger partial charge < -0.3 is 5.32 Å². The van der Waals surface area contributed by atoms with E-state index in [-0.39, 0.29) is 0 Å². The predicted octanol–water partition coefficient (Wildman–Crippen LogP) is 4.26. The first kappa shape index (κ1) is 11.4. The molecule has 0 atom stereocenters. The fraction of sp³-hybridized carbons (Fsp3) is 0. The van der Waals surface area contributed by atoms with E-state index in [4.69, 9.17) is 0 Å². The maximum Gasteiger partial charge on any atom is 0.0459 e. The van der Waals surface area contributed by atoms with Crippen LogP contribution in [0.2, 0.25) is 0 Å². The Labute approximate surface area is 112 Å². The SMILES string of the molecule is C(#Cc1cccc2ccccc12)Nc1ccccc1. The fourth-order valence-electron chi connectivity index (χ4n) is 2.03. The van der Waals surface area contributed by atoms with Crippen molar-refractivity contribution in [1.29, 1.82) is 0 Å². The minimum Gasteiger partial charge on any atom is -0.315 e. The van der Waals surface area contributed by atoms with Crippen LogP contribution in [0.3, 0.4) is 0 Å². The van der Waals surface area contributed by atoms with Gasteiger partial charge in [-0.2, -0.15) is 0 Å². The van der Waals surface area contributed by atoms with Gasteiger partial charge in [0.1, 0.15) is 0 Å². The normalized spacial score (nSPS) is 9.68. The number of benzene rings is 3. The van der Waals surface area contributed by atoms with Gasteiger partial charge >= 0.3 is 0 Å². The van der Waals surface area contributed by atoms with E-state index < -0.39 is 0 Å². The molecule has 1 nitrogen and oxygen atoms in total. The molecule has 19 heavy (non-hydrogen) atoms. The largest absolute Gasteiger partial charge is 0.315 e. The smallest absolute Gasteiger partial charge is 0.0459 e. The molecule has 90 valence electrons. The first-order valence-corrected chi connectivity index (χ1v) is 6.23. The second kappa shape index (κ2) is 5.29. The molecule has 3 rings (SSSR count). The van der Waals surface area contributed by atoms with Gasteiger partial charge in [-0.15, -0.1) is 0 Å². The summed E-state index contributed by atoms with van der Waals surface area (Å²) in [6.45, 7) is 0. The van der Waals surface area contributed by atoms with Crippen molar-refractivity contribution in [3.05, 3.63) is 78.4 Å². The van der Waals surface area contributed by atoms with Crippen LogP contribution < -0.4 is 5.32 Å². The molecule has 0 radical (unpaired) electrons. The summed E-state index contributed by atoms with van der Waals surface area (Å²) in [4.78, 5) is 0. The Kier molecular flexibility index (Phi) is 3.16. The summed E-state index contributed by atoms with van der Waals surface area (Å²) in [5, 5.41) is 5.50. The molecule has 1 heteroatoms. The summed E-state index contributed by atoms with van der Waals surface area (Å²) in [5.41, 5.74) is 2.05. The molecule has 0 spiro atoms. The molecule has 0 saturated carbocycles. The van der Waals surface area contributed by atoms with E-state index in [0.717, 1.165) is 11.3 Å². The number of fused-ring (bicyclic) bond motifs is 1. The Bertz CT molecular complexity index is 743. The van der Waals surface area contributed by atoms with E-state index in [0.29, 0.717) is 0 Å². The third-order valence-electron chi connectivity index (χ3n) is 2.97. The number of rotatable bonds is 1. The maximum atomic E-state index is 3.18. The van der Waals surface area contributed by atoms with Crippen LogP contribution in [0.25, 0.3) is 10.8 Å². The summed E-state index contributed by atoms with van der Waals surface area (Å²) in [5.74, 6) is 3.18. The molecule has 1 N–H and O–H groups in total. The first-order chi connectivity index (χ1) is 9.43. The van der Waals surface area contributed by atoms with Gasteiger partial charge in [-0.1, -0.05) is 54.6 Å². The van der Waals surface area contributed by atoms with Crippen molar-refractivity contribution in [1.82, 2.24) is 0 Å². The minimum atomic E-state index is 1.01. The molecule has 0 fully saturated rings. The Balaban J connectivity index is 1.90. The van der Waals surface area contributed by atoms with Crippen molar-refractivity contribution in [2.75, 3.05) is 5.32 Å². The lowest BCUT2D eigenvalue weighted by Crippen LogP contribution is -1.87. The lowest BCUT2D eigenvalue weighted by molar-refractivity contribution is 1.62. The lowest BCUT2D eigenvalue weighted by atomic mass is 10.1. The van der Waals surface area contributed by atoms with Crippen LogP contribution in [0.5, 0.6) is 0 Å². The van der Waals surface area contributed by atoms with E-state index in [1.165, 1.54) is 10.8 Å². The molecule has 0 saturated heterocycles. The molecule has 0 aliphatic rings. The molecule has 0 unspecified atom stereocenters. The zero-order valence-electron chi connectivity index (χ0n) is 10.4. The van der Waals surface area contributed by atoms with Crippen LogP contribution in [0.1, 0.15) is 5.56 Å². The predicted molar refractivity (Wildman–Crippen MR) is 80.9 cm³/mol. The van der Waals surface area contributed by atoms with Crippen LogP contribution in [-0.2, 0) is 0 Å². The highest BCUT2D eigenvalue weighted by Crippen LogP contribution is 2.17. The second-order valence-corrected chi connectivity index (χ2v) is 4.27. The maximum absolute atomic E-state index is 3.18. The molecule has 3 aromatic carbocycles. The van der Waals surface area contributed by atoms with E-state index in [1.54, 1.807) is 0 Å². The molecule has 0 amide bonds. The average Bonchev–Trinajstić information content (AvgIpc) is 2.49. The summed E-state index contributed by atoms with van der Waals surface area (Å²) in [7, 11) is 0. The Hall–Kier alpha value is -2.72.